The molecule has 3 rings (SSSR count). The first-order chi connectivity index (χ1) is 10.3. The van der Waals surface area contributed by atoms with Crippen LogP contribution in [-0.4, -0.2) is 14.2 Å². The summed E-state index contributed by atoms with van der Waals surface area (Å²) >= 11 is 7.99. The Morgan fingerprint density at radius 1 is 1.10 bits per heavy atom. The van der Waals surface area contributed by atoms with E-state index < -0.39 is 0 Å². The van der Waals surface area contributed by atoms with Crippen LogP contribution in [0.5, 0.6) is 5.75 Å². The Kier molecular flexibility index (Phi) is 4.15. The van der Waals surface area contributed by atoms with Crippen LogP contribution < -0.4 is 10.1 Å². The second-order valence-corrected chi connectivity index (χ2v) is 6.11. The van der Waals surface area contributed by atoms with Crippen molar-refractivity contribution in [1.82, 2.24) is 5.32 Å². The van der Waals surface area contributed by atoms with Gasteiger partial charge in [0.05, 0.1) is 18.2 Å². The van der Waals surface area contributed by atoms with Crippen LogP contribution in [0.15, 0.2) is 47.8 Å². The van der Waals surface area contributed by atoms with Gasteiger partial charge in [0, 0.05) is 10.3 Å². The van der Waals surface area contributed by atoms with Crippen molar-refractivity contribution in [1.29, 1.82) is 0 Å². The van der Waals surface area contributed by atoms with Crippen LogP contribution in [-0.2, 0) is 0 Å². The van der Waals surface area contributed by atoms with Crippen molar-refractivity contribution in [3.8, 4) is 5.75 Å². The highest BCUT2D eigenvalue weighted by molar-refractivity contribution is 7.10. The van der Waals surface area contributed by atoms with Gasteiger partial charge >= 0.3 is 0 Å². The molecule has 1 aromatic heterocycles. The minimum absolute atomic E-state index is 0.0771. The Labute approximate surface area is 133 Å². The highest BCUT2D eigenvalue weighted by Crippen LogP contribution is 2.38. The van der Waals surface area contributed by atoms with Crippen LogP contribution in [0.25, 0.3) is 10.8 Å². The van der Waals surface area contributed by atoms with E-state index in [2.05, 4.69) is 23.5 Å². The average molecular weight is 318 g/mol. The number of benzene rings is 2. The lowest BCUT2D eigenvalue weighted by Crippen LogP contribution is -2.17. The fraction of sp³-hybridized carbons (Fsp3) is 0.176. The number of thiophene rings is 1. The van der Waals surface area contributed by atoms with Crippen LogP contribution >= 0.6 is 22.9 Å². The van der Waals surface area contributed by atoms with Crippen molar-refractivity contribution in [2.75, 3.05) is 14.2 Å². The molecule has 0 amide bonds. The predicted molar refractivity (Wildman–Crippen MR) is 90.7 cm³/mol. The first-order valence-electron chi connectivity index (χ1n) is 6.72. The lowest BCUT2D eigenvalue weighted by molar-refractivity contribution is 0.419. The van der Waals surface area contributed by atoms with E-state index in [1.807, 2.05) is 36.7 Å². The molecule has 0 fully saturated rings. The summed E-state index contributed by atoms with van der Waals surface area (Å²) < 4.78 is 5.47. The van der Waals surface area contributed by atoms with Crippen LogP contribution in [0.1, 0.15) is 16.5 Å². The molecule has 0 aliphatic heterocycles. The van der Waals surface area contributed by atoms with E-state index in [9.17, 15) is 0 Å². The standard InChI is InChI=1S/C17H16ClNOS/c1-19-16(17-14(18)9-10-21-17)13-7-8-15(20-2)12-6-4-3-5-11(12)13/h3-10,16,19H,1-2H3. The van der Waals surface area contributed by atoms with E-state index in [-0.39, 0.29) is 6.04 Å². The van der Waals surface area contributed by atoms with Gasteiger partial charge in [0.25, 0.3) is 0 Å². The van der Waals surface area contributed by atoms with Gasteiger partial charge in [-0.3, -0.25) is 0 Å². The molecule has 1 unspecified atom stereocenters. The molecule has 2 aromatic carbocycles. The van der Waals surface area contributed by atoms with E-state index in [4.69, 9.17) is 16.3 Å². The summed E-state index contributed by atoms with van der Waals surface area (Å²) in [6.07, 6.45) is 0. The highest BCUT2D eigenvalue weighted by Gasteiger charge is 2.19. The molecular weight excluding hydrogens is 302 g/mol. The smallest absolute Gasteiger partial charge is 0.126 e. The number of hydrogen-bond donors (Lipinski definition) is 1. The molecule has 0 saturated heterocycles. The zero-order valence-corrected chi connectivity index (χ0v) is 13.5. The van der Waals surface area contributed by atoms with Gasteiger partial charge < -0.3 is 10.1 Å². The van der Waals surface area contributed by atoms with E-state index in [1.54, 1.807) is 18.4 Å². The second kappa shape index (κ2) is 6.06. The third kappa shape index (κ3) is 2.53. The summed E-state index contributed by atoms with van der Waals surface area (Å²) in [5.74, 6) is 0.890. The number of fused-ring (bicyclic) bond motifs is 1. The largest absolute Gasteiger partial charge is 0.496 e. The molecule has 0 aliphatic carbocycles. The maximum atomic E-state index is 6.32. The Balaban J connectivity index is 2.22. The van der Waals surface area contributed by atoms with Gasteiger partial charge in [0.1, 0.15) is 5.75 Å². The topological polar surface area (TPSA) is 21.3 Å². The first kappa shape index (κ1) is 14.4. The van der Waals surface area contributed by atoms with E-state index >= 15 is 0 Å². The molecule has 108 valence electrons. The van der Waals surface area contributed by atoms with Gasteiger partial charge in [-0.25, -0.2) is 0 Å². The van der Waals surface area contributed by atoms with Crippen molar-refractivity contribution < 1.29 is 4.74 Å². The highest BCUT2D eigenvalue weighted by atomic mass is 35.5. The molecule has 0 saturated carbocycles. The summed E-state index contributed by atoms with van der Waals surface area (Å²) in [5, 5.41) is 8.50. The van der Waals surface area contributed by atoms with Crippen LogP contribution in [0.4, 0.5) is 0 Å². The van der Waals surface area contributed by atoms with E-state index in [1.165, 1.54) is 10.9 Å². The Morgan fingerprint density at radius 2 is 1.86 bits per heavy atom. The fourth-order valence-corrected chi connectivity index (χ4v) is 3.96. The Bertz CT molecular complexity index is 768. The molecule has 1 heterocycles. The van der Waals surface area contributed by atoms with E-state index in [0.717, 1.165) is 21.0 Å². The van der Waals surface area contributed by atoms with Crippen molar-refractivity contribution in [2.45, 2.75) is 6.04 Å². The maximum absolute atomic E-state index is 6.32. The molecule has 4 heteroatoms. The minimum atomic E-state index is 0.0771. The van der Waals surface area contributed by atoms with Gasteiger partial charge in [-0.1, -0.05) is 41.9 Å². The third-order valence-corrected chi connectivity index (χ3v) is 5.07. The fourth-order valence-electron chi connectivity index (χ4n) is 2.66. The van der Waals surface area contributed by atoms with Gasteiger partial charge in [0.15, 0.2) is 0 Å². The number of rotatable bonds is 4. The molecule has 3 aromatic rings. The number of hydrogen-bond acceptors (Lipinski definition) is 3. The summed E-state index contributed by atoms with van der Waals surface area (Å²) in [5.41, 5.74) is 1.21. The van der Waals surface area contributed by atoms with Crippen molar-refractivity contribution >= 4 is 33.7 Å². The molecule has 0 aliphatic rings. The van der Waals surface area contributed by atoms with E-state index in [0.29, 0.717) is 0 Å². The summed E-state index contributed by atoms with van der Waals surface area (Å²) in [6, 6.07) is 14.4. The summed E-state index contributed by atoms with van der Waals surface area (Å²) in [6.45, 7) is 0. The average Bonchev–Trinajstić information content (AvgIpc) is 2.94. The van der Waals surface area contributed by atoms with Crippen molar-refractivity contribution in [3.63, 3.8) is 0 Å². The zero-order valence-electron chi connectivity index (χ0n) is 11.9. The number of methoxy groups -OCH3 is 1. The zero-order chi connectivity index (χ0) is 14.8. The first-order valence-corrected chi connectivity index (χ1v) is 7.97. The Morgan fingerprint density at radius 3 is 2.48 bits per heavy atom. The number of halogens is 1. The monoisotopic (exact) mass is 317 g/mol. The lowest BCUT2D eigenvalue weighted by Gasteiger charge is -2.19. The Hall–Kier alpha value is -1.55. The number of ether oxygens (including phenoxy) is 1. The SMILES string of the molecule is CNC(c1sccc1Cl)c1ccc(OC)c2ccccc12. The third-order valence-electron chi connectivity index (χ3n) is 3.64. The second-order valence-electron chi connectivity index (χ2n) is 4.76. The molecule has 0 spiro atoms. The molecule has 0 radical (unpaired) electrons. The maximum Gasteiger partial charge on any atom is 0.126 e. The molecule has 1 atom stereocenters. The van der Waals surface area contributed by atoms with Gasteiger partial charge in [-0.2, -0.15) is 0 Å². The van der Waals surface area contributed by atoms with Crippen molar-refractivity contribution in [2.24, 2.45) is 0 Å². The van der Waals surface area contributed by atoms with Crippen molar-refractivity contribution in [3.05, 3.63) is 63.3 Å². The van der Waals surface area contributed by atoms with Gasteiger partial charge in [-0.05, 0) is 35.5 Å². The molecule has 1 N–H and O–H groups in total. The van der Waals surface area contributed by atoms with Gasteiger partial charge in [-0.15, -0.1) is 11.3 Å². The molecule has 2 nitrogen and oxygen atoms in total. The molecule has 0 bridgehead atoms. The van der Waals surface area contributed by atoms with Crippen LogP contribution in [0.2, 0.25) is 5.02 Å². The minimum Gasteiger partial charge on any atom is -0.496 e. The van der Waals surface area contributed by atoms with Crippen LogP contribution in [0, 0.1) is 0 Å². The quantitative estimate of drug-likeness (QED) is 0.741. The summed E-state index contributed by atoms with van der Waals surface area (Å²) in [4.78, 5) is 1.13. The summed E-state index contributed by atoms with van der Waals surface area (Å²) in [7, 11) is 3.66. The van der Waals surface area contributed by atoms with Gasteiger partial charge in [0.2, 0.25) is 0 Å². The normalized spacial score (nSPS) is 12.5. The van der Waals surface area contributed by atoms with Crippen LogP contribution in [0.3, 0.4) is 0 Å². The number of nitrogens with one attached hydrogen (secondary N) is 1. The molecular formula is C17H16ClNOS. The predicted octanol–water partition coefficient (Wildman–Crippen LogP) is 4.87. The molecule has 21 heavy (non-hydrogen) atoms. The lowest BCUT2D eigenvalue weighted by atomic mass is 9.97.